The molecule has 0 aliphatic carbocycles. The Morgan fingerprint density at radius 3 is 2.62 bits per heavy atom. The summed E-state index contributed by atoms with van der Waals surface area (Å²) in [5.41, 5.74) is 1.48. The van der Waals surface area contributed by atoms with Crippen molar-refractivity contribution in [1.29, 1.82) is 0 Å². The first-order valence-corrected chi connectivity index (χ1v) is 9.57. The zero-order valence-corrected chi connectivity index (χ0v) is 16.8. The molecule has 2 aromatic rings. The van der Waals surface area contributed by atoms with Gasteiger partial charge in [0.05, 0.1) is 18.7 Å². The quantitative estimate of drug-likeness (QED) is 0.643. The van der Waals surface area contributed by atoms with E-state index in [0.717, 1.165) is 12.1 Å². The molecule has 1 aliphatic rings. The van der Waals surface area contributed by atoms with E-state index in [2.05, 4.69) is 0 Å². The molecule has 4 nitrogen and oxygen atoms in total. The second-order valence-corrected chi connectivity index (χ2v) is 7.12. The van der Waals surface area contributed by atoms with Crippen molar-refractivity contribution in [3.05, 3.63) is 81.5 Å². The maximum atomic E-state index is 14.1. The van der Waals surface area contributed by atoms with Crippen LogP contribution < -0.4 is 0 Å². The van der Waals surface area contributed by atoms with Gasteiger partial charge in [-0.1, -0.05) is 35.9 Å². The Hall–Kier alpha value is -2.73. The second-order valence-electron chi connectivity index (χ2n) is 6.71. The molecule has 0 bridgehead atoms. The second kappa shape index (κ2) is 8.74. The van der Waals surface area contributed by atoms with Gasteiger partial charge < -0.3 is 9.64 Å². The van der Waals surface area contributed by atoms with Gasteiger partial charge >= 0.3 is 5.97 Å². The fourth-order valence-electron chi connectivity index (χ4n) is 3.52. The van der Waals surface area contributed by atoms with Crippen molar-refractivity contribution in [2.24, 2.45) is 0 Å². The van der Waals surface area contributed by atoms with E-state index in [4.69, 9.17) is 16.3 Å². The van der Waals surface area contributed by atoms with E-state index < -0.39 is 23.5 Å². The molecule has 0 fully saturated rings. The van der Waals surface area contributed by atoms with Crippen LogP contribution in [0.5, 0.6) is 0 Å². The van der Waals surface area contributed by atoms with Gasteiger partial charge in [-0.05, 0) is 31.5 Å². The molecule has 3 rings (SSSR count). The summed E-state index contributed by atoms with van der Waals surface area (Å²) in [7, 11) is 0. The number of nitrogens with zero attached hydrogens (tertiary/aromatic N) is 1. The first-order chi connectivity index (χ1) is 13.8. The average molecular weight is 420 g/mol. The first-order valence-electron chi connectivity index (χ1n) is 9.20. The Morgan fingerprint density at radius 1 is 1.24 bits per heavy atom. The Kier molecular flexibility index (Phi) is 6.33. The Balaban J connectivity index is 2.06. The molecule has 1 amide bonds. The average Bonchev–Trinajstić information content (AvgIpc) is 2.66. The number of esters is 1. The van der Waals surface area contributed by atoms with Crippen molar-refractivity contribution in [3.63, 3.8) is 0 Å². The Labute approximate surface area is 172 Å². The van der Waals surface area contributed by atoms with Crippen molar-refractivity contribution in [2.75, 3.05) is 6.61 Å². The molecule has 0 saturated heterocycles. The summed E-state index contributed by atoms with van der Waals surface area (Å²) >= 11 is 6.32. The van der Waals surface area contributed by atoms with Crippen molar-refractivity contribution >= 4 is 23.5 Å². The lowest BCUT2D eigenvalue weighted by Gasteiger charge is -2.34. The van der Waals surface area contributed by atoms with Crippen LogP contribution in [-0.4, -0.2) is 23.4 Å². The van der Waals surface area contributed by atoms with Crippen molar-refractivity contribution in [2.45, 2.75) is 32.7 Å². The molecule has 1 heterocycles. The smallest absolute Gasteiger partial charge is 0.336 e. The molecule has 152 valence electrons. The van der Waals surface area contributed by atoms with Gasteiger partial charge in [0.1, 0.15) is 11.6 Å². The Bertz CT molecular complexity index is 990. The van der Waals surface area contributed by atoms with Crippen LogP contribution in [0.3, 0.4) is 0 Å². The molecule has 0 N–H and O–H groups in total. The van der Waals surface area contributed by atoms with E-state index >= 15 is 0 Å². The predicted octanol–water partition coefficient (Wildman–Crippen LogP) is 4.97. The van der Waals surface area contributed by atoms with Crippen LogP contribution in [0.2, 0.25) is 5.02 Å². The third-order valence-corrected chi connectivity index (χ3v) is 5.29. The van der Waals surface area contributed by atoms with E-state index in [1.807, 2.05) is 0 Å². The van der Waals surface area contributed by atoms with Crippen molar-refractivity contribution in [1.82, 2.24) is 4.90 Å². The molecule has 1 atom stereocenters. The predicted molar refractivity (Wildman–Crippen MR) is 105 cm³/mol. The largest absolute Gasteiger partial charge is 0.463 e. The number of hydrogen-bond acceptors (Lipinski definition) is 3. The van der Waals surface area contributed by atoms with E-state index in [0.29, 0.717) is 21.9 Å². The highest BCUT2D eigenvalue weighted by Gasteiger charge is 2.37. The topological polar surface area (TPSA) is 46.6 Å². The van der Waals surface area contributed by atoms with Crippen LogP contribution in [-0.2, 0) is 20.9 Å². The van der Waals surface area contributed by atoms with Gasteiger partial charge in [0, 0.05) is 34.7 Å². The van der Waals surface area contributed by atoms with Gasteiger partial charge in [0.25, 0.3) is 0 Å². The highest BCUT2D eigenvalue weighted by Crippen LogP contribution is 2.40. The molecule has 0 spiro atoms. The summed E-state index contributed by atoms with van der Waals surface area (Å²) in [6.45, 7) is 3.37. The summed E-state index contributed by atoms with van der Waals surface area (Å²) < 4.78 is 32.5. The molecule has 0 radical (unpaired) electrons. The first kappa shape index (κ1) is 21.0. The highest BCUT2D eigenvalue weighted by atomic mass is 35.5. The highest BCUT2D eigenvalue weighted by molar-refractivity contribution is 6.31. The van der Waals surface area contributed by atoms with Gasteiger partial charge in [-0.25, -0.2) is 13.6 Å². The molecule has 0 aromatic heterocycles. The zero-order chi connectivity index (χ0) is 21.1. The lowest BCUT2D eigenvalue weighted by Crippen LogP contribution is -2.38. The number of rotatable bonds is 5. The van der Waals surface area contributed by atoms with Gasteiger partial charge in [-0.15, -0.1) is 0 Å². The Morgan fingerprint density at radius 2 is 1.97 bits per heavy atom. The number of halogens is 3. The fraction of sp³-hybridized carbons (Fsp3) is 0.273. The fourth-order valence-corrected chi connectivity index (χ4v) is 3.79. The molecule has 2 aromatic carbocycles. The van der Waals surface area contributed by atoms with Crippen LogP contribution in [0.4, 0.5) is 8.78 Å². The zero-order valence-electron chi connectivity index (χ0n) is 16.0. The summed E-state index contributed by atoms with van der Waals surface area (Å²) in [4.78, 5) is 27.0. The van der Waals surface area contributed by atoms with Gasteiger partial charge in [-0.3, -0.25) is 4.79 Å². The third-order valence-electron chi connectivity index (χ3n) is 4.94. The number of carbonyl (C=O) groups is 2. The van der Waals surface area contributed by atoms with Crippen LogP contribution in [0, 0.1) is 11.6 Å². The molecule has 1 aliphatic heterocycles. The minimum absolute atomic E-state index is 0.0158. The summed E-state index contributed by atoms with van der Waals surface area (Å²) in [6, 6.07) is 10.2. The normalized spacial score (nSPS) is 16.9. The summed E-state index contributed by atoms with van der Waals surface area (Å²) in [6.07, 6.45) is -0.0158. The molecule has 0 saturated carbocycles. The summed E-state index contributed by atoms with van der Waals surface area (Å²) in [5, 5.41) is 0.443. The minimum atomic E-state index is -0.753. The number of ether oxygens (including phenoxy) is 1. The van der Waals surface area contributed by atoms with Gasteiger partial charge in [-0.2, -0.15) is 0 Å². The van der Waals surface area contributed by atoms with E-state index in [9.17, 15) is 18.4 Å². The van der Waals surface area contributed by atoms with Crippen LogP contribution in [0.15, 0.2) is 53.7 Å². The summed E-state index contributed by atoms with van der Waals surface area (Å²) in [5.74, 6) is -2.85. The van der Waals surface area contributed by atoms with Gasteiger partial charge in [0.15, 0.2) is 0 Å². The number of amides is 1. The molecule has 29 heavy (non-hydrogen) atoms. The third kappa shape index (κ3) is 4.32. The van der Waals surface area contributed by atoms with Crippen LogP contribution in [0.1, 0.15) is 37.3 Å². The number of benzene rings is 2. The van der Waals surface area contributed by atoms with E-state index in [1.54, 1.807) is 38.1 Å². The standard InChI is InChI=1S/C22H20ClF2NO3/c1-3-29-22(28)21-13(2)26(12-14-8-9-15(24)10-19(14)25)20(27)11-17(21)16-6-4-5-7-18(16)23/h4-10,17H,3,11-12H2,1-2H3. The molecule has 7 heteroatoms. The van der Waals surface area contributed by atoms with Crippen LogP contribution >= 0.6 is 11.6 Å². The van der Waals surface area contributed by atoms with E-state index in [1.165, 1.54) is 11.0 Å². The van der Waals surface area contributed by atoms with Crippen LogP contribution in [0.25, 0.3) is 0 Å². The monoisotopic (exact) mass is 419 g/mol. The number of allylic oxidation sites excluding steroid dienone is 1. The molecule has 1 unspecified atom stereocenters. The van der Waals surface area contributed by atoms with Crippen molar-refractivity contribution < 1.29 is 23.1 Å². The minimum Gasteiger partial charge on any atom is -0.463 e. The molecular weight excluding hydrogens is 400 g/mol. The van der Waals surface area contributed by atoms with Crippen molar-refractivity contribution in [3.8, 4) is 0 Å². The maximum Gasteiger partial charge on any atom is 0.336 e. The lowest BCUT2D eigenvalue weighted by atomic mass is 9.83. The van der Waals surface area contributed by atoms with E-state index in [-0.39, 0.29) is 31.0 Å². The SMILES string of the molecule is CCOC(=O)C1=C(C)N(Cc2ccc(F)cc2F)C(=O)CC1c1ccccc1Cl. The molecular formula is C22H20ClF2NO3. The number of hydrogen-bond donors (Lipinski definition) is 0. The lowest BCUT2D eigenvalue weighted by molar-refractivity contribution is -0.140. The van der Waals surface area contributed by atoms with Gasteiger partial charge in [0.2, 0.25) is 5.91 Å². The number of carbonyl (C=O) groups excluding carboxylic acids is 2. The maximum absolute atomic E-state index is 14.1.